The van der Waals surface area contributed by atoms with Crippen LogP contribution in [0.5, 0.6) is 0 Å². The van der Waals surface area contributed by atoms with E-state index in [0.29, 0.717) is 0 Å². The Morgan fingerprint density at radius 1 is 1.21 bits per heavy atom. The molecule has 0 aliphatic rings. The molecule has 0 fully saturated rings. The fourth-order valence-corrected chi connectivity index (χ4v) is 1.45. The van der Waals surface area contributed by atoms with Crippen LogP contribution >= 0.6 is 12.2 Å². The van der Waals surface area contributed by atoms with Gasteiger partial charge >= 0.3 is 0 Å². The summed E-state index contributed by atoms with van der Waals surface area (Å²) in [4.78, 5) is 0. The van der Waals surface area contributed by atoms with Crippen LogP contribution < -0.4 is 5.73 Å². The van der Waals surface area contributed by atoms with Gasteiger partial charge in [-0.15, -0.1) is 0 Å². The summed E-state index contributed by atoms with van der Waals surface area (Å²) in [6.45, 7) is 0. The first-order valence-corrected chi connectivity index (χ1v) is 4.59. The molecule has 2 rings (SSSR count). The van der Waals surface area contributed by atoms with Crippen molar-refractivity contribution in [2.24, 2.45) is 5.73 Å². The van der Waals surface area contributed by atoms with Crippen LogP contribution in [0.15, 0.2) is 42.6 Å². The van der Waals surface area contributed by atoms with Crippen LogP contribution in [0.4, 0.5) is 0 Å². The first kappa shape index (κ1) is 8.90. The van der Waals surface area contributed by atoms with Crippen LogP contribution in [0.3, 0.4) is 0 Å². The van der Waals surface area contributed by atoms with Crippen molar-refractivity contribution >= 4 is 17.3 Å². The molecular weight excluding hydrogens is 194 g/mol. The number of hydrogen-bond donors (Lipinski definition) is 1. The van der Waals surface area contributed by atoms with Gasteiger partial charge in [0.25, 0.3) is 0 Å². The molecule has 3 nitrogen and oxygen atoms in total. The molecule has 1 heterocycles. The SMILES string of the molecule is NC(=S)n1nccc1-c1ccccc1. The van der Waals surface area contributed by atoms with Crippen LogP contribution in [0.2, 0.25) is 0 Å². The third-order valence-corrected chi connectivity index (χ3v) is 2.09. The second-order valence-corrected chi connectivity index (χ2v) is 3.25. The minimum Gasteiger partial charge on any atom is -0.374 e. The van der Waals surface area contributed by atoms with Gasteiger partial charge in [-0.1, -0.05) is 30.3 Å². The molecule has 0 saturated heterocycles. The molecule has 0 bridgehead atoms. The molecule has 0 unspecified atom stereocenters. The molecule has 1 aromatic heterocycles. The van der Waals surface area contributed by atoms with Gasteiger partial charge < -0.3 is 5.73 Å². The summed E-state index contributed by atoms with van der Waals surface area (Å²) < 4.78 is 1.55. The zero-order valence-electron chi connectivity index (χ0n) is 7.42. The summed E-state index contributed by atoms with van der Waals surface area (Å²) in [5.41, 5.74) is 7.50. The first-order valence-electron chi connectivity index (χ1n) is 4.18. The molecule has 0 aliphatic heterocycles. The van der Waals surface area contributed by atoms with Crippen LogP contribution in [-0.2, 0) is 0 Å². The van der Waals surface area contributed by atoms with Crippen molar-refractivity contribution in [3.05, 3.63) is 42.6 Å². The highest BCUT2D eigenvalue weighted by atomic mass is 32.1. The maximum absolute atomic E-state index is 5.53. The van der Waals surface area contributed by atoms with E-state index in [2.05, 4.69) is 5.10 Å². The summed E-state index contributed by atoms with van der Waals surface area (Å²) in [6, 6.07) is 11.8. The second kappa shape index (κ2) is 3.59. The number of aromatic nitrogens is 2. The van der Waals surface area contributed by atoms with Gasteiger partial charge in [0.15, 0.2) is 5.11 Å². The number of nitrogens with two attached hydrogens (primary N) is 1. The van der Waals surface area contributed by atoms with Crippen LogP contribution in [-0.4, -0.2) is 14.9 Å². The second-order valence-electron chi connectivity index (χ2n) is 2.83. The first-order chi connectivity index (χ1) is 6.79. The zero-order chi connectivity index (χ0) is 9.97. The van der Waals surface area contributed by atoms with E-state index >= 15 is 0 Å². The maximum Gasteiger partial charge on any atom is 0.191 e. The molecule has 4 heteroatoms. The van der Waals surface area contributed by atoms with Crippen molar-refractivity contribution in [1.82, 2.24) is 9.78 Å². The summed E-state index contributed by atoms with van der Waals surface area (Å²) >= 11 is 4.88. The van der Waals surface area contributed by atoms with Crippen molar-refractivity contribution < 1.29 is 0 Å². The monoisotopic (exact) mass is 203 g/mol. The summed E-state index contributed by atoms with van der Waals surface area (Å²) in [5.74, 6) is 0. The predicted octanol–water partition coefficient (Wildman–Crippen LogP) is 1.64. The van der Waals surface area contributed by atoms with Crippen molar-refractivity contribution in [1.29, 1.82) is 0 Å². The van der Waals surface area contributed by atoms with Gasteiger partial charge in [0, 0.05) is 5.56 Å². The Morgan fingerprint density at radius 3 is 2.57 bits per heavy atom. The Kier molecular flexibility index (Phi) is 2.28. The van der Waals surface area contributed by atoms with E-state index in [1.54, 1.807) is 10.9 Å². The maximum atomic E-state index is 5.53. The molecular formula is C10H9N3S. The quantitative estimate of drug-likeness (QED) is 0.716. The van der Waals surface area contributed by atoms with Crippen molar-refractivity contribution in [3.8, 4) is 11.3 Å². The number of benzene rings is 1. The molecule has 0 amide bonds. The lowest BCUT2D eigenvalue weighted by molar-refractivity contribution is 0.947. The fourth-order valence-electron chi connectivity index (χ4n) is 1.31. The summed E-state index contributed by atoms with van der Waals surface area (Å²) in [5, 5.41) is 4.30. The molecule has 1 aromatic carbocycles. The average molecular weight is 203 g/mol. The van der Waals surface area contributed by atoms with Crippen molar-refractivity contribution in [3.63, 3.8) is 0 Å². The van der Waals surface area contributed by atoms with E-state index in [-0.39, 0.29) is 5.11 Å². The van der Waals surface area contributed by atoms with Gasteiger partial charge in [0.2, 0.25) is 0 Å². The number of thiocarbonyl (C=S) groups is 1. The lowest BCUT2D eigenvalue weighted by Crippen LogP contribution is -2.21. The Labute approximate surface area is 87.2 Å². The predicted molar refractivity (Wildman–Crippen MR) is 59.8 cm³/mol. The zero-order valence-corrected chi connectivity index (χ0v) is 8.24. The highest BCUT2D eigenvalue weighted by Gasteiger charge is 2.05. The molecule has 0 saturated carbocycles. The van der Waals surface area contributed by atoms with E-state index in [0.717, 1.165) is 11.3 Å². The van der Waals surface area contributed by atoms with Gasteiger partial charge in [-0.2, -0.15) is 5.10 Å². The van der Waals surface area contributed by atoms with E-state index in [1.807, 2.05) is 36.4 Å². The average Bonchev–Trinajstić information content (AvgIpc) is 2.67. The Balaban J connectivity index is 2.52. The topological polar surface area (TPSA) is 43.8 Å². The molecule has 0 aliphatic carbocycles. The van der Waals surface area contributed by atoms with Crippen LogP contribution in [0, 0.1) is 0 Å². The normalized spacial score (nSPS) is 10.0. The van der Waals surface area contributed by atoms with Gasteiger partial charge in [-0.25, -0.2) is 4.68 Å². The highest BCUT2D eigenvalue weighted by Crippen LogP contribution is 2.17. The Morgan fingerprint density at radius 2 is 1.93 bits per heavy atom. The van der Waals surface area contributed by atoms with Crippen molar-refractivity contribution in [2.75, 3.05) is 0 Å². The van der Waals surface area contributed by atoms with E-state index < -0.39 is 0 Å². The third-order valence-electron chi connectivity index (χ3n) is 1.92. The molecule has 2 N–H and O–H groups in total. The Hall–Kier alpha value is -1.68. The highest BCUT2D eigenvalue weighted by molar-refractivity contribution is 7.80. The van der Waals surface area contributed by atoms with Gasteiger partial charge in [-0.3, -0.25) is 0 Å². The smallest absolute Gasteiger partial charge is 0.191 e. The largest absolute Gasteiger partial charge is 0.374 e. The minimum absolute atomic E-state index is 0.258. The van der Waals surface area contributed by atoms with E-state index in [4.69, 9.17) is 18.0 Å². The molecule has 14 heavy (non-hydrogen) atoms. The molecule has 70 valence electrons. The molecule has 0 radical (unpaired) electrons. The van der Waals surface area contributed by atoms with Gasteiger partial charge in [0.1, 0.15) is 0 Å². The molecule has 2 aromatic rings. The number of hydrogen-bond acceptors (Lipinski definition) is 2. The summed E-state index contributed by atoms with van der Waals surface area (Å²) in [6.07, 6.45) is 1.68. The lowest BCUT2D eigenvalue weighted by atomic mass is 10.1. The van der Waals surface area contributed by atoms with Crippen LogP contribution in [0.1, 0.15) is 0 Å². The minimum atomic E-state index is 0.258. The summed E-state index contributed by atoms with van der Waals surface area (Å²) in [7, 11) is 0. The number of rotatable bonds is 1. The molecule has 0 atom stereocenters. The van der Waals surface area contributed by atoms with E-state index in [9.17, 15) is 0 Å². The lowest BCUT2D eigenvalue weighted by Gasteiger charge is -2.04. The van der Waals surface area contributed by atoms with E-state index in [1.165, 1.54) is 0 Å². The van der Waals surface area contributed by atoms with Crippen molar-refractivity contribution in [2.45, 2.75) is 0 Å². The van der Waals surface area contributed by atoms with Gasteiger partial charge in [-0.05, 0) is 18.3 Å². The third kappa shape index (κ3) is 1.52. The molecule has 0 spiro atoms. The van der Waals surface area contributed by atoms with Gasteiger partial charge in [0.05, 0.1) is 11.9 Å². The fraction of sp³-hybridized carbons (Fsp3) is 0. The number of nitrogens with zero attached hydrogens (tertiary/aromatic N) is 2. The standard InChI is InChI=1S/C10H9N3S/c11-10(14)13-9(6-7-12-13)8-4-2-1-3-5-8/h1-7H,(H2,11,14). The Bertz CT molecular complexity index is 447. The van der Waals surface area contributed by atoms with Crippen LogP contribution in [0.25, 0.3) is 11.3 Å².